The number of rotatable bonds is 4. The normalized spacial score (nSPS) is 10.7. The molecule has 2 aromatic rings. The quantitative estimate of drug-likeness (QED) is 0.937. The topological polar surface area (TPSA) is 73.0 Å². The second-order valence-corrected chi connectivity index (χ2v) is 5.12. The molecule has 1 amide bonds. The molecule has 0 radical (unpaired) electrons. The molecule has 0 aliphatic rings. The summed E-state index contributed by atoms with van der Waals surface area (Å²) in [7, 11) is 0. The Morgan fingerprint density at radius 2 is 2.21 bits per heavy atom. The molecular weight excluding hydrogens is 312 g/mol. The first-order chi connectivity index (χ1) is 8.97. The molecule has 0 unspecified atom stereocenters. The Bertz CT molecular complexity index is 603. The van der Waals surface area contributed by atoms with Crippen LogP contribution < -0.4 is 5.32 Å². The number of hydrogen-bond acceptors (Lipinski definition) is 4. The van der Waals surface area contributed by atoms with Crippen LogP contribution in [0, 0.1) is 20.8 Å². The van der Waals surface area contributed by atoms with Gasteiger partial charge in [0.15, 0.2) is 5.82 Å². The minimum Gasteiger partial charge on any atom is -0.360 e. The maximum atomic E-state index is 11.8. The van der Waals surface area contributed by atoms with Gasteiger partial charge in [-0.2, -0.15) is 5.10 Å². The molecule has 19 heavy (non-hydrogen) atoms. The first kappa shape index (κ1) is 13.8. The molecule has 0 spiro atoms. The Balaban J connectivity index is 1.91. The van der Waals surface area contributed by atoms with E-state index in [0.29, 0.717) is 24.5 Å². The van der Waals surface area contributed by atoms with E-state index in [2.05, 4.69) is 31.5 Å². The molecule has 0 fully saturated rings. The molecule has 6 nitrogen and oxygen atoms in total. The zero-order chi connectivity index (χ0) is 14.0. The van der Waals surface area contributed by atoms with Crippen LogP contribution in [-0.4, -0.2) is 20.8 Å². The number of aromatic nitrogens is 3. The predicted octanol–water partition coefficient (Wildman–Crippen LogP) is 2.59. The molecule has 7 heteroatoms. The number of anilines is 1. The van der Waals surface area contributed by atoms with Crippen molar-refractivity contribution in [1.29, 1.82) is 0 Å². The van der Waals surface area contributed by atoms with Gasteiger partial charge in [-0.05, 0) is 36.7 Å². The third-order valence-electron chi connectivity index (χ3n) is 2.74. The average Bonchev–Trinajstić information content (AvgIpc) is 2.86. The van der Waals surface area contributed by atoms with Gasteiger partial charge in [0.05, 0.1) is 16.7 Å². The smallest absolute Gasteiger partial charge is 0.227 e. The fourth-order valence-corrected chi connectivity index (χ4v) is 2.01. The second kappa shape index (κ2) is 5.56. The molecule has 102 valence electrons. The lowest BCUT2D eigenvalue weighted by Crippen LogP contribution is -2.15. The van der Waals surface area contributed by atoms with Gasteiger partial charge < -0.3 is 9.84 Å². The number of carbonyl (C=O) groups is 1. The highest BCUT2D eigenvalue weighted by Gasteiger charge is 2.11. The van der Waals surface area contributed by atoms with E-state index >= 15 is 0 Å². The summed E-state index contributed by atoms with van der Waals surface area (Å²) in [6.07, 6.45) is 0.334. The van der Waals surface area contributed by atoms with E-state index in [0.717, 1.165) is 15.9 Å². The highest BCUT2D eigenvalue weighted by atomic mass is 79.9. The molecule has 0 aromatic carbocycles. The second-order valence-electron chi connectivity index (χ2n) is 4.33. The van der Waals surface area contributed by atoms with Crippen LogP contribution in [0.25, 0.3) is 0 Å². The molecule has 0 aliphatic heterocycles. The lowest BCUT2D eigenvalue weighted by molar-refractivity contribution is -0.116. The zero-order valence-electron chi connectivity index (χ0n) is 11.0. The van der Waals surface area contributed by atoms with Crippen molar-refractivity contribution in [2.75, 3.05) is 5.32 Å². The number of hydrogen-bond donors (Lipinski definition) is 1. The highest BCUT2D eigenvalue weighted by molar-refractivity contribution is 9.10. The largest absolute Gasteiger partial charge is 0.360 e. The van der Waals surface area contributed by atoms with Crippen LogP contribution in [-0.2, 0) is 11.3 Å². The third-order valence-corrected chi connectivity index (χ3v) is 3.89. The van der Waals surface area contributed by atoms with Crippen molar-refractivity contribution >= 4 is 27.7 Å². The van der Waals surface area contributed by atoms with Gasteiger partial charge in [-0.3, -0.25) is 9.48 Å². The van der Waals surface area contributed by atoms with Crippen LogP contribution in [0.15, 0.2) is 15.1 Å². The Kier molecular flexibility index (Phi) is 4.04. The standard InChI is InChI=1S/C12H15BrN4O2/c1-7-6-10(16-19-7)14-11(18)4-5-17-9(3)12(13)8(2)15-17/h6H,4-5H2,1-3H3,(H,14,16,18). The summed E-state index contributed by atoms with van der Waals surface area (Å²) in [6, 6.07) is 1.68. The summed E-state index contributed by atoms with van der Waals surface area (Å²) in [5, 5.41) is 10.7. The first-order valence-corrected chi connectivity index (χ1v) is 6.69. The van der Waals surface area contributed by atoms with E-state index in [1.165, 1.54) is 0 Å². The molecule has 2 heterocycles. The van der Waals surface area contributed by atoms with Gasteiger partial charge in [-0.15, -0.1) is 0 Å². The molecule has 0 saturated carbocycles. The third kappa shape index (κ3) is 3.23. The summed E-state index contributed by atoms with van der Waals surface area (Å²) < 4.78 is 7.68. The van der Waals surface area contributed by atoms with Gasteiger partial charge >= 0.3 is 0 Å². The molecule has 0 aliphatic carbocycles. The number of amides is 1. The molecule has 2 aromatic heterocycles. The van der Waals surface area contributed by atoms with Crippen molar-refractivity contribution in [1.82, 2.24) is 14.9 Å². The molecule has 0 saturated heterocycles. The number of nitrogens with zero attached hydrogens (tertiary/aromatic N) is 3. The van der Waals surface area contributed by atoms with Crippen molar-refractivity contribution in [2.45, 2.75) is 33.7 Å². The van der Waals surface area contributed by atoms with Crippen LogP contribution in [0.1, 0.15) is 23.6 Å². The molecule has 0 bridgehead atoms. The van der Waals surface area contributed by atoms with Gasteiger partial charge in [0.25, 0.3) is 0 Å². The van der Waals surface area contributed by atoms with E-state index in [4.69, 9.17) is 4.52 Å². The van der Waals surface area contributed by atoms with Crippen LogP contribution in [0.2, 0.25) is 0 Å². The van der Waals surface area contributed by atoms with Gasteiger partial charge in [-0.1, -0.05) is 5.16 Å². The molecular formula is C12H15BrN4O2. The Labute approximate surface area is 119 Å². The van der Waals surface area contributed by atoms with Crippen LogP contribution in [0.3, 0.4) is 0 Å². The summed E-state index contributed by atoms with van der Waals surface area (Å²) in [5.41, 5.74) is 1.94. The summed E-state index contributed by atoms with van der Waals surface area (Å²) in [6.45, 7) is 6.19. The Morgan fingerprint density at radius 1 is 1.47 bits per heavy atom. The van der Waals surface area contributed by atoms with E-state index in [1.54, 1.807) is 13.0 Å². The van der Waals surface area contributed by atoms with Crippen LogP contribution >= 0.6 is 15.9 Å². The number of nitrogens with one attached hydrogen (secondary N) is 1. The lowest BCUT2D eigenvalue weighted by Gasteiger charge is -2.04. The maximum Gasteiger partial charge on any atom is 0.227 e. The number of halogens is 1. The molecule has 0 atom stereocenters. The van der Waals surface area contributed by atoms with Gasteiger partial charge in [0.1, 0.15) is 5.76 Å². The minimum atomic E-state index is -0.114. The SMILES string of the molecule is Cc1cc(NC(=O)CCn2nc(C)c(Br)c2C)no1. The van der Waals surface area contributed by atoms with E-state index in [-0.39, 0.29) is 5.91 Å². The predicted molar refractivity (Wildman–Crippen MR) is 73.9 cm³/mol. The Morgan fingerprint density at radius 3 is 2.74 bits per heavy atom. The average molecular weight is 327 g/mol. The zero-order valence-corrected chi connectivity index (χ0v) is 12.6. The van der Waals surface area contributed by atoms with Crippen LogP contribution in [0.5, 0.6) is 0 Å². The van der Waals surface area contributed by atoms with Gasteiger partial charge in [-0.25, -0.2) is 0 Å². The van der Waals surface area contributed by atoms with Crippen LogP contribution in [0.4, 0.5) is 5.82 Å². The van der Waals surface area contributed by atoms with Gasteiger partial charge in [0, 0.05) is 18.2 Å². The molecule has 2 rings (SSSR count). The number of carbonyl (C=O) groups excluding carboxylic acids is 1. The summed E-state index contributed by atoms with van der Waals surface area (Å²) >= 11 is 3.46. The fourth-order valence-electron chi connectivity index (χ4n) is 1.73. The number of aryl methyl sites for hydroxylation is 3. The highest BCUT2D eigenvalue weighted by Crippen LogP contribution is 2.19. The Hall–Kier alpha value is -1.63. The monoisotopic (exact) mass is 326 g/mol. The van der Waals surface area contributed by atoms with E-state index in [9.17, 15) is 4.79 Å². The van der Waals surface area contributed by atoms with Crippen molar-refractivity contribution in [3.8, 4) is 0 Å². The lowest BCUT2D eigenvalue weighted by atomic mass is 10.3. The van der Waals surface area contributed by atoms with Crippen molar-refractivity contribution in [3.63, 3.8) is 0 Å². The first-order valence-electron chi connectivity index (χ1n) is 5.90. The van der Waals surface area contributed by atoms with Crippen molar-refractivity contribution in [2.24, 2.45) is 0 Å². The molecule has 1 N–H and O–H groups in total. The summed E-state index contributed by atoms with van der Waals surface area (Å²) in [4.78, 5) is 11.8. The van der Waals surface area contributed by atoms with E-state index < -0.39 is 0 Å². The minimum absolute atomic E-state index is 0.114. The van der Waals surface area contributed by atoms with E-state index in [1.807, 2.05) is 18.5 Å². The fraction of sp³-hybridized carbons (Fsp3) is 0.417. The van der Waals surface area contributed by atoms with Crippen molar-refractivity contribution < 1.29 is 9.32 Å². The van der Waals surface area contributed by atoms with Crippen molar-refractivity contribution in [3.05, 3.63) is 27.7 Å². The van der Waals surface area contributed by atoms with Gasteiger partial charge in [0.2, 0.25) is 5.91 Å². The maximum absolute atomic E-state index is 11.8. The summed E-state index contributed by atoms with van der Waals surface area (Å²) in [5.74, 6) is 0.992.